The van der Waals surface area contributed by atoms with Gasteiger partial charge in [-0.3, -0.25) is 4.90 Å². The van der Waals surface area contributed by atoms with Gasteiger partial charge in [-0.2, -0.15) is 5.26 Å². The Hall–Kier alpha value is -1.33. The minimum absolute atomic E-state index is 0.362. The normalized spacial score (nSPS) is 20.3. The van der Waals surface area contributed by atoms with Gasteiger partial charge in [-0.05, 0) is 45.3 Å². The van der Waals surface area contributed by atoms with Gasteiger partial charge in [-0.25, -0.2) is 0 Å². The number of hydrogen-bond donors (Lipinski definition) is 0. The van der Waals surface area contributed by atoms with Crippen molar-refractivity contribution >= 4 is 0 Å². The Morgan fingerprint density at radius 2 is 1.68 bits per heavy atom. The molecule has 1 aromatic carbocycles. The van der Waals surface area contributed by atoms with Crippen LogP contribution in [-0.2, 0) is 6.42 Å². The van der Waals surface area contributed by atoms with Crippen LogP contribution in [0, 0.1) is 18.3 Å². The van der Waals surface area contributed by atoms with E-state index in [1.807, 2.05) is 0 Å². The molecule has 0 saturated carbocycles. The number of rotatable bonds is 3. The summed E-state index contributed by atoms with van der Waals surface area (Å²) in [4.78, 5) is 2.39. The Morgan fingerprint density at radius 3 is 2.21 bits per heavy atom. The van der Waals surface area contributed by atoms with Crippen LogP contribution < -0.4 is 0 Å². The predicted octanol–water partition coefficient (Wildman–Crippen LogP) is 3.70. The Bertz CT molecular complexity index is 435. The zero-order valence-electron chi connectivity index (χ0n) is 12.2. The molecule has 0 spiro atoms. The van der Waals surface area contributed by atoms with E-state index < -0.39 is 0 Å². The van der Waals surface area contributed by atoms with Crippen LogP contribution in [0.15, 0.2) is 24.3 Å². The molecule has 1 aliphatic rings. The second kappa shape index (κ2) is 6.21. The quantitative estimate of drug-likeness (QED) is 0.824. The Morgan fingerprint density at radius 1 is 1.11 bits per heavy atom. The van der Waals surface area contributed by atoms with Crippen LogP contribution in [-0.4, -0.2) is 23.5 Å². The summed E-state index contributed by atoms with van der Waals surface area (Å²) in [5.41, 5.74) is 2.18. The summed E-state index contributed by atoms with van der Waals surface area (Å²) in [6.07, 6.45) is 5.89. The molecule has 1 aliphatic heterocycles. The van der Waals surface area contributed by atoms with E-state index in [0.717, 1.165) is 19.5 Å². The first kappa shape index (κ1) is 14.1. The summed E-state index contributed by atoms with van der Waals surface area (Å²) in [6, 6.07) is 11.1. The van der Waals surface area contributed by atoms with Gasteiger partial charge in [-0.1, -0.05) is 42.7 Å². The molecule has 1 saturated heterocycles. The molecular formula is C17H24N2. The van der Waals surface area contributed by atoms with Gasteiger partial charge in [0, 0.05) is 6.42 Å². The van der Waals surface area contributed by atoms with E-state index in [-0.39, 0.29) is 5.54 Å². The van der Waals surface area contributed by atoms with E-state index >= 15 is 0 Å². The fourth-order valence-corrected chi connectivity index (χ4v) is 2.89. The van der Waals surface area contributed by atoms with Gasteiger partial charge < -0.3 is 0 Å². The predicted molar refractivity (Wildman–Crippen MR) is 78.9 cm³/mol. The van der Waals surface area contributed by atoms with E-state index in [0.29, 0.717) is 0 Å². The molecule has 2 nitrogen and oxygen atoms in total. The molecule has 2 heteroatoms. The summed E-state index contributed by atoms with van der Waals surface area (Å²) in [6.45, 7) is 6.33. The fraction of sp³-hybridized carbons (Fsp3) is 0.588. The Labute approximate surface area is 117 Å². The van der Waals surface area contributed by atoms with Crippen LogP contribution >= 0.6 is 0 Å². The molecule has 0 aliphatic carbocycles. The Kier molecular flexibility index (Phi) is 4.61. The number of likely N-dealkylation sites (tertiary alicyclic amines) is 1. The summed E-state index contributed by atoms with van der Waals surface area (Å²) in [5.74, 6) is 0. The molecule has 0 radical (unpaired) electrons. The Balaban J connectivity index is 2.12. The van der Waals surface area contributed by atoms with Crippen LogP contribution in [0.1, 0.15) is 43.7 Å². The molecule has 1 fully saturated rings. The average Bonchev–Trinajstić information content (AvgIpc) is 2.71. The molecule has 1 atom stereocenters. The first-order valence-corrected chi connectivity index (χ1v) is 7.36. The van der Waals surface area contributed by atoms with Crippen molar-refractivity contribution in [2.75, 3.05) is 13.1 Å². The molecule has 0 amide bonds. The minimum Gasteiger partial charge on any atom is -0.285 e. The van der Waals surface area contributed by atoms with E-state index in [9.17, 15) is 5.26 Å². The van der Waals surface area contributed by atoms with Crippen LogP contribution in [0.2, 0.25) is 0 Å². The van der Waals surface area contributed by atoms with Crippen molar-refractivity contribution in [1.29, 1.82) is 5.26 Å². The molecule has 1 unspecified atom stereocenters. The van der Waals surface area contributed by atoms with Gasteiger partial charge in [0.15, 0.2) is 0 Å². The third kappa shape index (κ3) is 3.58. The van der Waals surface area contributed by atoms with Crippen molar-refractivity contribution in [2.24, 2.45) is 0 Å². The summed E-state index contributed by atoms with van der Waals surface area (Å²) >= 11 is 0. The highest BCUT2D eigenvalue weighted by Crippen LogP contribution is 2.24. The van der Waals surface area contributed by atoms with Gasteiger partial charge in [0.05, 0.1) is 6.07 Å². The molecule has 0 bridgehead atoms. The maximum absolute atomic E-state index is 9.65. The van der Waals surface area contributed by atoms with Crippen molar-refractivity contribution in [2.45, 2.75) is 51.5 Å². The lowest BCUT2D eigenvalue weighted by atomic mass is 9.91. The fourth-order valence-electron chi connectivity index (χ4n) is 2.89. The molecule has 0 aromatic heterocycles. The topological polar surface area (TPSA) is 27.0 Å². The summed E-state index contributed by atoms with van der Waals surface area (Å²) in [7, 11) is 0. The molecule has 2 rings (SSSR count). The van der Waals surface area contributed by atoms with Crippen LogP contribution in [0.25, 0.3) is 0 Å². The second-order valence-electron chi connectivity index (χ2n) is 5.95. The lowest BCUT2D eigenvalue weighted by molar-refractivity contribution is 0.157. The number of aryl methyl sites for hydroxylation is 1. The molecule has 102 valence electrons. The van der Waals surface area contributed by atoms with Crippen LogP contribution in [0.4, 0.5) is 0 Å². The van der Waals surface area contributed by atoms with Crippen LogP contribution in [0.5, 0.6) is 0 Å². The monoisotopic (exact) mass is 256 g/mol. The third-order valence-corrected chi connectivity index (χ3v) is 4.21. The summed E-state index contributed by atoms with van der Waals surface area (Å²) in [5, 5.41) is 9.65. The first-order valence-electron chi connectivity index (χ1n) is 7.36. The number of nitriles is 1. The summed E-state index contributed by atoms with van der Waals surface area (Å²) < 4.78 is 0. The van der Waals surface area contributed by atoms with E-state index in [2.05, 4.69) is 49.1 Å². The van der Waals surface area contributed by atoms with Gasteiger partial charge in [0.2, 0.25) is 0 Å². The lowest BCUT2D eigenvalue weighted by Crippen LogP contribution is -2.47. The van der Waals surface area contributed by atoms with E-state index in [4.69, 9.17) is 0 Å². The highest BCUT2D eigenvalue weighted by atomic mass is 15.2. The van der Waals surface area contributed by atoms with Gasteiger partial charge in [0.25, 0.3) is 0 Å². The van der Waals surface area contributed by atoms with Crippen molar-refractivity contribution in [3.05, 3.63) is 35.4 Å². The molecule has 19 heavy (non-hydrogen) atoms. The van der Waals surface area contributed by atoms with Gasteiger partial charge >= 0.3 is 0 Å². The van der Waals surface area contributed by atoms with E-state index in [1.54, 1.807) is 0 Å². The highest BCUT2D eigenvalue weighted by molar-refractivity contribution is 5.25. The number of nitrogens with zero attached hydrogens (tertiary/aromatic N) is 2. The number of hydrogen-bond acceptors (Lipinski definition) is 2. The maximum Gasteiger partial charge on any atom is 0.110 e. The SMILES string of the molecule is Cc1ccc(CC(C)(C#N)N2CCCCCC2)cc1. The average molecular weight is 256 g/mol. The van der Waals surface area contributed by atoms with E-state index in [1.165, 1.54) is 36.8 Å². The van der Waals surface area contributed by atoms with Gasteiger partial charge in [0.1, 0.15) is 5.54 Å². The highest BCUT2D eigenvalue weighted by Gasteiger charge is 2.32. The molecular weight excluding hydrogens is 232 g/mol. The van der Waals surface area contributed by atoms with Crippen molar-refractivity contribution in [1.82, 2.24) is 4.90 Å². The zero-order valence-corrected chi connectivity index (χ0v) is 12.2. The number of benzene rings is 1. The standard InChI is InChI=1S/C17H24N2/c1-15-7-9-16(10-8-15)13-17(2,14-18)19-11-5-3-4-6-12-19/h7-10H,3-6,11-13H2,1-2H3. The largest absolute Gasteiger partial charge is 0.285 e. The second-order valence-corrected chi connectivity index (χ2v) is 5.95. The van der Waals surface area contributed by atoms with Crippen LogP contribution in [0.3, 0.4) is 0 Å². The van der Waals surface area contributed by atoms with Gasteiger partial charge in [-0.15, -0.1) is 0 Å². The minimum atomic E-state index is -0.362. The molecule has 1 heterocycles. The third-order valence-electron chi connectivity index (χ3n) is 4.21. The van der Waals surface area contributed by atoms with Crippen molar-refractivity contribution < 1.29 is 0 Å². The molecule has 1 aromatic rings. The lowest BCUT2D eigenvalue weighted by Gasteiger charge is -2.35. The maximum atomic E-state index is 9.65. The first-order chi connectivity index (χ1) is 9.14. The zero-order chi connectivity index (χ0) is 13.7. The molecule has 0 N–H and O–H groups in total. The van der Waals surface area contributed by atoms with Crippen molar-refractivity contribution in [3.63, 3.8) is 0 Å². The van der Waals surface area contributed by atoms with Crippen molar-refractivity contribution in [3.8, 4) is 6.07 Å². The smallest absolute Gasteiger partial charge is 0.110 e.